The number of nitrogens with zero attached hydrogens (tertiary/aromatic N) is 2. The van der Waals surface area contributed by atoms with E-state index >= 15 is 0 Å². The van der Waals surface area contributed by atoms with Gasteiger partial charge in [0.2, 0.25) is 5.89 Å². The Kier molecular flexibility index (Phi) is 5.51. The smallest absolute Gasteiger partial charge is 0.416 e. The molecule has 0 atom stereocenters. The van der Waals surface area contributed by atoms with Crippen molar-refractivity contribution in [3.05, 3.63) is 71.7 Å². The minimum absolute atomic E-state index is 0.442. The van der Waals surface area contributed by atoms with Gasteiger partial charge >= 0.3 is 6.18 Å². The van der Waals surface area contributed by atoms with Gasteiger partial charge in [-0.05, 0) is 49.0 Å². The number of methoxy groups -OCH3 is 1. The van der Waals surface area contributed by atoms with E-state index in [9.17, 15) is 13.2 Å². The molecule has 0 fully saturated rings. The number of ether oxygens (including phenoxy) is 1. The second-order valence-corrected chi connectivity index (χ2v) is 6.21. The lowest BCUT2D eigenvalue weighted by Crippen LogP contribution is -2.17. The maximum absolute atomic E-state index is 12.6. The van der Waals surface area contributed by atoms with E-state index in [1.165, 1.54) is 12.1 Å². The number of alkyl halides is 3. The van der Waals surface area contributed by atoms with Crippen molar-refractivity contribution in [2.45, 2.75) is 19.3 Å². The van der Waals surface area contributed by atoms with Crippen LogP contribution in [-0.2, 0) is 19.3 Å². The third-order valence-corrected chi connectivity index (χ3v) is 4.07. The summed E-state index contributed by atoms with van der Waals surface area (Å²) in [5.74, 6) is 1.94. The summed E-state index contributed by atoms with van der Waals surface area (Å²) in [6, 6.07) is 12.6. The molecule has 1 heterocycles. The molecular weight excluding hydrogens is 357 g/mol. The van der Waals surface area contributed by atoms with Crippen LogP contribution >= 0.6 is 0 Å². The van der Waals surface area contributed by atoms with E-state index in [1.807, 2.05) is 36.2 Å². The van der Waals surface area contributed by atoms with Crippen molar-refractivity contribution >= 4 is 0 Å². The first-order chi connectivity index (χ1) is 12.8. The van der Waals surface area contributed by atoms with Gasteiger partial charge in [-0.3, -0.25) is 4.90 Å². The average Bonchev–Trinajstić information content (AvgIpc) is 3.09. The van der Waals surface area contributed by atoms with Gasteiger partial charge in [0.25, 0.3) is 0 Å². The molecule has 0 N–H and O–H groups in total. The molecule has 0 amide bonds. The minimum Gasteiger partial charge on any atom is -0.497 e. The number of rotatable bonds is 6. The highest BCUT2D eigenvalue weighted by molar-refractivity contribution is 5.57. The molecule has 0 unspecified atom stereocenters. The Morgan fingerprint density at radius 1 is 1.00 bits per heavy atom. The molecule has 4 nitrogen and oxygen atoms in total. The summed E-state index contributed by atoms with van der Waals surface area (Å²) in [5, 5.41) is 0. The monoisotopic (exact) mass is 376 g/mol. The Morgan fingerprint density at radius 3 is 2.26 bits per heavy atom. The zero-order valence-corrected chi connectivity index (χ0v) is 15.0. The molecule has 0 aliphatic carbocycles. The van der Waals surface area contributed by atoms with E-state index in [0.717, 1.165) is 29.0 Å². The van der Waals surface area contributed by atoms with Crippen molar-refractivity contribution < 1.29 is 22.3 Å². The first-order valence-corrected chi connectivity index (χ1v) is 8.29. The van der Waals surface area contributed by atoms with Gasteiger partial charge in [-0.2, -0.15) is 13.2 Å². The quantitative estimate of drug-likeness (QED) is 0.607. The molecule has 3 aromatic rings. The maximum Gasteiger partial charge on any atom is 0.416 e. The van der Waals surface area contributed by atoms with Crippen LogP contribution in [0.1, 0.15) is 17.0 Å². The third kappa shape index (κ3) is 4.89. The van der Waals surface area contributed by atoms with Crippen molar-refractivity contribution in [3.63, 3.8) is 0 Å². The highest BCUT2D eigenvalue weighted by Crippen LogP contribution is 2.29. The molecule has 142 valence electrons. The van der Waals surface area contributed by atoms with Crippen molar-refractivity contribution in [3.8, 4) is 17.1 Å². The molecule has 0 radical (unpaired) electrons. The van der Waals surface area contributed by atoms with E-state index < -0.39 is 11.7 Å². The highest BCUT2D eigenvalue weighted by Gasteiger charge is 2.29. The summed E-state index contributed by atoms with van der Waals surface area (Å²) >= 11 is 0. The van der Waals surface area contributed by atoms with Crippen LogP contribution in [0.4, 0.5) is 13.2 Å². The molecule has 0 saturated heterocycles. The SMILES string of the molecule is COc1ccc(-c2cnc(CN(C)Cc3ccc(C(F)(F)F)cc3)o2)cc1. The van der Waals surface area contributed by atoms with E-state index in [2.05, 4.69) is 4.98 Å². The van der Waals surface area contributed by atoms with Gasteiger partial charge in [-0.15, -0.1) is 0 Å². The second-order valence-electron chi connectivity index (χ2n) is 6.21. The van der Waals surface area contributed by atoms with E-state index in [-0.39, 0.29) is 0 Å². The number of hydrogen-bond donors (Lipinski definition) is 0. The number of hydrogen-bond acceptors (Lipinski definition) is 4. The molecule has 0 aliphatic rings. The van der Waals surface area contributed by atoms with Gasteiger partial charge in [0.15, 0.2) is 5.76 Å². The highest BCUT2D eigenvalue weighted by atomic mass is 19.4. The lowest BCUT2D eigenvalue weighted by molar-refractivity contribution is -0.137. The van der Waals surface area contributed by atoms with Crippen LogP contribution in [0.25, 0.3) is 11.3 Å². The van der Waals surface area contributed by atoms with Crippen molar-refractivity contribution in [1.82, 2.24) is 9.88 Å². The number of oxazole rings is 1. The summed E-state index contributed by atoms with van der Waals surface area (Å²) < 4.78 is 48.8. The van der Waals surface area contributed by atoms with E-state index in [0.29, 0.717) is 24.7 Å². The fourth-order valence-electron chi connectivity index (χ4n) is 2.67. The van der Waals surface area contributed by atoms with Crippen molar-refractivity contribution in [2.24, 2.45) is 0 Å². The molecule has 1 aromatic heterocycles. The predicted molar refractivity (Wildman–Crippen MR) is 95.1 cm³/mol. The Labute approximate surface area is 155 Å². The predicted octanol–water partition coefficient (Wildman–Crippen LogP) is 5.00. The van der Waals surface area contributed by atoms with Crippen LogP contribution in [0.5, 0.6) is 5.75 Å². The molecule has 0 bridgehead atoms. The normalized spacial score (nSPS) is 11.8. The van der Waals surface area contributed by atoms with Gasteiger partial charge < -0.3 is 9.15 Å². The summed E-state index contributed by atoms with van der Waals surface area (Å²) in [7, 11) is 3.46. The van der Waals surface area contributed by atoms with Gasteiger partial charge in [0, 0.05) is 12.1 Å². The Balaban J connectivity index is 1.61. The van der Waals surface area contributed by atoms with E-state index in [4.69, 9.17) is 9.15 Å². The Bertz CT molecular complexity index is 871. The second kappa shape index (κ2) is 7.84. The lowest BCUT2D eigenvalue weighted by atomic mass is 10.1. The molecule has 2 aromatic carbocycles. The molecule has 0 saturated carbocycles. The molecule has 7 heteroatoms. The molecule has 0 aliphatic heterocycles. The molecule has 3 rings (SSSR count). The topological polar surface area (TPSA) is 38.5 Å². The van der Waals surface area contributed by atoms with Crippen LogP contribution in [-0.4, -0.2) is 24.0 Å². The standard InChI is InChI=1S/C20H19F3N2O2/c1-25(12-14-3-7-16(8-4-14)20(21,22)23)13-19-24-11-18(27-19)15-5-9-17(26-2)10-6-15/h3-11H,12-13H2,1-2H3. The van der Waals surface area contributed by atoms with Crippen molar-refractivity contribution in [1.29, 1.82) is 0 Å². The Hall–Kier alpha value is -2.80. The molecule has 0 spiro atoms. The first-order valence-electron chi connectivity index (χ1n) is 8.29. The van der Waals surface area contributed by atoms with Gasteiger partial charge in [0.1, 0.15) is 5.75 Å². The Morgan fingerprint density at radius 2 is 1.67 bits per heavy atom. The summed E-state index contributed by atoms with van der Waals surface area (Å²) in [4.78, 5) is 6.20. The lowest BCUT2D eigenvalue weighted by Gasteiger charge is -2.15. The fourth-order valence-corrected chi connectivity index (χ4v) is 2.67. The maximum atomic E-state index is 12.6. The van der Waals surface area contributed by atoms with Gasteiger partial charge in [0.05, 0.1) is 25.4 Å². The number of aromatic nitrogens is 1. The number of benzene rings is 2. The average molecular weight is 376 g/mol. The van der Waals surface area contributed by atoms with E-state index in [1.54, 1.807) is 13.3 Å². The molecular formula is C20H19F3N2O2. The summed E-state index contributed by atoms with van der Waals surface area (Å²) in [6.45, 7) is 0.926. The largest absolute Gasteiger partial charge is 0.497 e. The van der Waals surface area contributed by atoms with Crippen LogP contribution in [0.3, 0.4) is 0 Å². The number of halogens is 3. The van der Waals surface area contributed by atoms with Gasteiger partial charge in [-0.25, -0.2) is 4.98 Å². The van der Waals surface area contributed by atoms with Crippen LogP contribution in [0, 0.1) is 0 Å². The van der Waals surface area contributed by atoms with Crippen LogP contribution < -0.4 is 4.74 Å². The summed E-state index contributed by atoms with van der Waals surface area (Å²) in [6.07, 6.45) is -2.66. The van der Waals surface area contributed by atoms with Crippen LogP contribution in [0.15, 0.2) is 59.1 Å². The zero-order chi connectivity index (χ0) is 19.4. The van der Waals surface area contributed by atoms with Crippen molar-refractivity contribution in [2.75, 3.05) is 14.2 Å². The third-order valence-electron chi connectivity index (χ3n) is 4.07. The first kappa shape index (κ1) is 19.0. The zero-order valence-electron chi connectivity index (χ0n) is 15.0. The fraction of sp³-hybridized carbons (Fsp3) is 0.250. The van der Waals surface area contributed by atoms with Gasteiger partial charge in [-0.1, -0.05) is 12.1 Å². The minimum atomic E-state index is -4.32. The summed E-state index contributed by atoms with van der Waals surface area (Å²) in [5.41, 5.74) is 1.03. The molecule has 27 heavy (non-hydrogen) atoms. The van der Waals surface area contributed by atoms with Crippen LogP contribution in [0.2, 0.25) is 0 Å².